The van der Waals surface area contributed by atoms with Gasteiger partial charge >= 0.3 is 12.1 Å². The van der Waals surface area contributed by atoms with Crippen LogP contribution in [-0.4, -0.2) is 48.6 Å². The Morgan fingerprint density at radius 3 is 2.57 bits per heavy atom. The van der Waals surface area contributed by atoms with Gasteiger partial charge in [0.15, 0.2) is 0 Å². The first-order valence-electron chi connectivity index (χ1n) is 7.38. The van der Waals surface area contributed by atoms with E-state index < -0.39 is 24.1 Å². The third-order valence-electron chi connectivity index (χ3n) is 3.68. The van der Waals surface area contributed by atoms with Crippen LogP contribution in [0.4, 0.5) is 4.79 Å². The average molecular weight is 320 g/mol. The Morgan fingerprint density at radius 1 is 1.30 bits per heavy atom. The molecule has 1 aliphatic heterocycles. The SMILES string of the molecule is COC(=O)[C@H](C)NC(=O)[C@@H]1CCN1C(=O)OCc1ccccc1. The molecule has 0 spiro atoms. The molecule has 1 aromatic carbocycles. The van der Waals surface area contributed by atoms with E-state index in [1.807, 2.05) is 30.3 Å². The van der Waals surface area contributed by atoms with Gasteiger partial charge in [0.2, 0.25) is 5.91 Å². The summed E-state index contributed by atoms with van der Waals surface area (Å²) in [6.45, 7) is 2.14. The van der Waals surface area contributed by atoms with E-state index in [2.05, 4.69) is 10.1 Å². The van der Waals surface area contributed by atoms with Crippen molar-refractivity contribution in [2.75, 3.05) is 13.7 Å². The number of hydrogen-bond donors (Lipinski definition) is 1. The van der Waals surface area contributed by atoms with E-state index in [0.29, 0.717) is 13.0 Å². The molecule has 1 heterocycles. The van der Waals surface area contributed by atoms with Crippen LogP contribution in [0.15, 0.2) is 30.3 Å². The Morgan fingerprint density at radius 2 is 2.00 bits per heavy atom. The van der Waals surface area contributed by atoms with Gasteiger partial charge in [-0.05, 0) is 18.9 Å². The lowest BCUT2D eigenvalue weighted by atomic mass is 10.0. The lowest BCUT2D eigenvalue weighted by Crippen LogP contribution is -2.60. The first-order chi connectivity index (χ1) is 11.0. The Balaban J connectivity index is 1.82. The topological polar surface area (TPSA) is 84.9 Å². The first kappa shape index (κ1) is 16.8. The second-order valence-corrected chi connectivity index (χ2v) is 5.29. The Kier molecular flexibility index (Phi) is 5.56. The predicted octanol–water partition coefficient (Wildman–Crippen LogP) is 1.08. The summed E-state index contributed by atoms with van der Waals surface area (Å²) < 4.78 is 9.75. The van der Waals surface area contributed by atoms with Crippen molar-refractivity contribution in [1.82, 2.24) is 10.2 Å². The van der Waals surface area contributed by atoms with Gasteiger partial charge in [-0.1, -0.05) is 30.3 Å². The number of esters is 1. The quantitative estimate of drug-likeness (QED) is 0.821. The summed E-state index contributed by atoms with van der Waals surface area (Å²) in [5.74, 6) is -0.915. The molecule has 1 saturated heterocycles. The van der Waals surface area contributed by atoms with Crippen LogP contribution in [0.3, 0.4) is 0 Å². The number of carbonyl (C=O) groups is 3. The molecule has 1 aromatic rings. The van der Waals surface area contributed by atoms with Crippen LogP contribution >= 0.6 is 0 Å². The molecule has 124 valence electrons. The molecule has 0 aromatic heterocycles. The van der Waals surface area contributed by atoms with Crippen LogP contribution in [0.1, 0.15) is 18.9 Å². The molecule has 0 saturated carbocycles. The highest BCUT2D eigenvalue weighted by atomic mass is 16.6. The van der Waals surface area contributed by atoms with E-state index in [0.717, 1.165) is 5.56 Å². The first-order valence-corrected chi connectivity index (χ1v) is 7.38. The van der Waals surface area contributed by atoms with Gasteiger partial charge in [-0.25, -0.2) is 9.59 Å². The fourth-order valence-electron chi connectivity index (χ4n) is 2.23. The van der Waals surface area contributed by atoms with Crippen molar-refractivity contribution >= 4 is 18.0 Å². The molecule has 0 bridgehead atoms. The number of ether oxygens (including phenoxy) is 2. The molecule has 23 heavy (non-hydrogen) atoms. The molecule has 2 atom stereocenters. The van der Waals surface area contributed by atoms with Crippen LogP contribution in [0.5, 0.6) is 0 Å². The highest BCUT2D eigenvalue weighted by molar-refractivity contribution is 5.90. The van der Waals surface area contributed by atoms with E-state index in [-0.39, 0.29) is 12.5 Å². The monoisotopic (exact) mass is 320 g/mol. The summed E-state index contributed by atoms with van der Waals surface area (Å²) in [7, 11) is 1.25. The molecule has 7 nitrogen and oxygen atoms in total. The maximum atomic E-state index is 12.1. The third kappa shape index (κ3) is 4.21. The summed E-state index contributed by atoms with van der Waals surface area (Å²) in [6.07, 6.45) is 0.00569. The summed E-state index contributed by atoms with van der Waals surface area (Å²) in [6, 6.07) is 7.94. The van der Waals surface area contributed by atoms with Crippen molar-refractivity contribution in [2.24, 2.45) is 0 Å². The maximum Gasteiger partial charge on any atom is 0.410 e. The number of likely N-dealkylation sites (tertiary alicyclic amines) is 1. The van der Waals surface area contributed by atoms with Crippen molar-refractivity contribution in [3.05, 3.63) is 35.9 Å². The zero-order valence-electron chi connectivity index (χ0n) is 13.2. The second-order valence-electron chi connectivity index (χ2n) is 5.29. The van der Waals surface area contributed by atoms with E-state index in [1.165, 1.54) is 18.9 Å². The van der Waals surface area contributed by atoms with Gasteiger partial charge in [0.05, 0.1) is 7.11 Å². The number of hydrogen-bond acceptors (Lipinski definition) is 5. The number of rotatable bonds is 5. The third-order valence-corrected chi connectivity index (χ3v) is 3.68. The van der Waals surface area contributed by atoms with Crippen LogP contribution in [0, 0.1) is 0 Å². The largest absolute Gasteiger partial charge is 0.467 e. The van der Waals surface area contributed by atoms with Gasteiger partial charge < -0.3 is 14.8 Å². The summed E-state index contributed by atoms with van der Waals surface area (Å²) in [5, 5.41) is 2.53. The number of nitrogens with one attached hydrogen (secondary N) is 1. The van der Waals surface area contributed by atoms with E-state index in [9.17, 15) is 14.4 Å². The Labute approximate surface area is 134 Å². The lowest BCUT2D eigenvalue weighted by molar-refractivity contribution is -0.145. The molecule has 7 heteroatoms. The fraction of sp³-hybridized carbons (Fsp3) is 0.438. The van der Waals surface area contributed by atoms with Gasteiger partial charge in [0.1, 0.15) is 18.7 Å². The van der Waals surface area contributed by atoms with Gasteiger partial charge in [-0.2, -0.15) is 0 Å². The number of benzene rings is 1. The van der Waals surface area contributed by atoms with Gasteiger partial charge in [-0.3, -0.25) is 9.69 Å². The molecule has 0 aliphatic carbocycles. The van der Waals surface area contributed by atoms with Crippen molar-refractivity contribution in [1.29, 1.82) is 0 Å². The van der Waals surface area contributed by atoms with Crippen molar-refractivity contribution in [3.8, 4) is 0 Å². The molecule has 2 rings (SSSR count). The molecular weight excluding hydrogens is 300 g/mol. The molecule has 0 unspecified atom stereocenters. The van der Waals surface area contributed by atoms with Gasteiger partial charge in [0, 0.05) is 6.54 Å². The predicted molar refractivity (Wildman–Crippen MR) is 81.4 cm³/mol. The van der Waals surface area contributed by atoms with Crippen molar-refractivity contribution < 1.29 is 23.9 Å². The maximum absolute atomic E-state index is 12.1. The van der Waals surface area contributed by atoms with Gasteiger partial charge in [-0.15, -0.1) is 0 Å². The summed E-state index contributed by atoms with van der Waals surface area (Å²) >= 11 is 0. The average Bonchev–Trinajstić information content (AvgIpc) is 2.51. The van der Waals surface area contributed by atoms with Crippen molar-refractivity contribution in [3.63, 3.8) is 0 Å². The summed E-state index contributed by atoms with van der Waals surface area (Å²) in [5.41, 5.74) is 0.877. The molecular formula is C16H20N2O5. The van der Waals surface area contributed by atoms with Crippen molar-refractivity contribution in [2.45, 2.75) is 32.0 Å². The minimum Gasteiger partial charge on any atom is -0.467 e. The zero-order chi connectivity index (χ0) is 16.8. The minimum absolute atomic E-state index is 0.156. The number of nitrogens with zero attached hydrogens (tertiary/aromatic N) is 1. The fourth-order valence-corrected chi connectivity index (χ4v) is 2.23. The molecule has 1 N–H and O–H groups in total. The van der Waals surface area contributed by atoms with Crippen LogP contribution in [0.25, 0.3) is 0 Å². The zero-order valence-corrected chi connectivity index (χ0v) is 13.2. The molecule has 1 fully saturated rings. The normalized spacial score (nSPS) is 17.7. The molecule has 0 radical (unpaired) electrons. The van der Waals surface area contributed by atoms with E-state index in [4.69, 9.17) is 4.74 Å². The molecule has 1 aliphatic rings. The van der Waals surface area contributed by atoms with E-state index in [1.54, 1.807) is 0 Å². The standard InChI is InChI=1S/C16H20N2O5/c1-11(15(20)22-2)17-14(19)13-8-9-18(13)16(21)23-10-12-6-4-3-5-7-12/h3-7,11,13H,8-10H2,1-2H3,(H,17,19)/t11-,13-/m0/s1. The minimum atomic E-state index is -0.754. The van der Waals surface area contributed by atoms with Crippen LogP contribution in [-0.2, 0) is 25.7 Å². The van der Waals surface area contributed by atoms with Crippen LogP contribution in [0.2, 0.25) is 0 Å². The number of amides is 2. The highest BCUT2D eigenvalue weighted by Crippen LogP contribution is 2.19. The van der Waals surface area contributed by atoms with E-state index >= 15 is 0 Å². The molecule has 2 amide bonds. The highest BCUT2D eigenvalue weighted by Gasteiger charge is 2.39. The Bertz CT molecular complexity index is 575. The number of carbonyl (C=O) groups excluding carboxylic acids is 3. The second kappa shape index (κ2) is 7.62. The summed E-state index contributed by atoms with van der Waals surface area (Å²) in [4.78, 5) is 36.8. The van der Waals surface area contributed by atoms with Crippen LogP contribution < -0.4 is 5.32 Å². The Hall–Kier alpha value is -2.57. The smallest absolute Gasteiger partial charge is 0.410 e. The lowest BCUT2D eigenvalue weighted by Gasteiger charge is -2.38. The van der Waals surface area contributed by atoms with Gasteiger partial charge in [0.25, 0.3) is 0 Å². The number of methoxy groups -OCH3 is 1.